The predicted molar refractivity (Wildman–Crippen MR) is 78.7 cm³/mol. The normalized spacial score (nSPS) is 28.0. The zero-order valence-electron chi connectivity index (χ0n) is 12.3. The van der Waals surface area contributed by atoms with Crippen molar-refractivity contribution in [2.24, 2.45) is 0 Å². The van der Waals surface area contributed by atoms with Crippen LogP contribution >= 0.6 is 0 Å². The minimum Gasteiger partial charge on any atom is -0.313 e. The van der Waals surface area contributed by atoms with Crippen LogP contribution in [0, 0.1) is 0 Å². The quantitative estimate of drug-likeness (QED) is 0.814. The maximum atomic E-state index is 12.7. The first-order chi connectivity index (χ1) is 9.05. The average Bonchev–Trinajstić information content (AvgIpc) is 3.21. The summed E-state index contributed by atoms with van der Waals surface area (Å²) in [4.78, 5) is 0. The van der Waals surface area contributed by atoms with Gasteiger partial charge in [-0.15, -0.1) is 0 Å². The van der Waals surface area contributed by atoms with E-state index in [9.17, 15) is 8.42 Å². The van der Waals surface area contributed by atoms with Crippen LogP contribution in [-0.2, 0) is 10.0 Å². The summed E-state index contributed by atoms with van der Waals surface area (Å²) in [7, 11) is -3.14. The molecule has 0 aromatic carbocycles. The van der Waals surface area contributed by atoms with E-state index in [-0.39, 0.29) is 11.3 Å². The first kappa shape index (κ1) is 15.3. The van der Waals surface area contributed by atoms with Gasteiger partial charge in [0.05, 0.1) is 5.25 Å². The van der Waals surface area contributed by atoms with Crippen molar-refractivity contribution >= 4 is 10.0 Å². The molecule has 2 aliphatic rings. The molecule has 1 N–H and O–H groups in total. The van der Waals surface area contributed by atoms with Gasteiger partial charge in [-0.25, -0.2) is 8.42 Å². The van der Waals surface area contributed by atoms with Crippen LogP contribution in [0.1, 0.15) is 58.8 Å². The van der Waals surface area contributed by atoms with Crippen molar-refractivity contribution in [1.82, 2.24) is 9.62 Å². The maximum Gasteiger partial charge on any atom is 0.218 e. The van der Waals surface area contributed by atoms with Gasteiger partial charge in [-0.05, 0) is 39.0 Å². The molecule has 0 aromatic heterocycles. The van der Waals surface area contributed by atoms with Gasteiger partial charge in [-0.2, -0.15) is 4.31 Å². The highest BCUT2D eigenvalue weighted by Gasteiger charge is 2.34. The van der Waals surface area contributed by atoms with Crippen molar-refractivity contribution < 1.29 is 8.42 Å². The zero-order valence-corrected chi connectivity index (χ0v) is 13.1. The largest absolute Gasteiger partial charge is 0.313 e. The van der Waals surface area contributed by atoms with E-state index >= 15 is 0 Å². The molecule has 1 aliphatic carbocycles. The number of nitrogens with zero attached hydrogens (tertiary/aromatic N) is 1. The predicted octanol–water partition coefficient (Wildman–Crippen LogP) is 2.11. The van der Waals surface area contributed by atoms with E-state index in [2.05, 4.69) is 12.2 Å². The van der Waals surface area contributed by atoms with Crippen LogP contribution < -0.4 is 5.32 Å². The van der Waals surface area contributed by atoms with Crippen molar-refractivity contribution in [3.63, 3.8) is 0 Å². The Labute approximate surface area is 118 Å². The van der Waals surface area contributed by atoms with E-state index in [0.717, 1.165) is 25.7 Å². The second-order valence-corrected chi connectivity index (χ2v) is 8.36. The third kappa shape index (κ3) is 3.92. The van der Waals surface area contributed by atoms with E-state index in [4.69, 9.17) is 0 Å². The Kier molecular flexibility index (Phi) is 5.26. The summed E-state index contributed by atoms with van der Waals surface area (Å²) in [5.41, 5.74) is 0. The lowest BCUT2D eigenvalue weighted by molar-refractivity contribution is 0.311. The molecule has 1 saturated heterocycles. The van der Waals surface area contributed by atoms with Crippen LogP contribution in [0.3, 0.4) is 0 Å². The van der Waals surface area contributed by atoms with Gasteiger partial charge in [0.1, 0.15) is 0 Å². The van der Waals surface area contributed by atoms with Gasteiger partial charge < -0.3 is 5.32 Å². The molecule has 4 nitrogen and oxygen atoms in total. The summed E-state index contributed by atoms with van der Waals surface area (Å²) in [6.45, 7) is 5.27. The van der Waals surface area contributed by atoms with Crippen LogP contribution in [-0.4, -0.2) is 43.1 Å². The summed E-state index contributed by atoms with van der Waals surface area (Å²) >= 11 is 0. The second kappa shape index (κ2) is 6.55. The molecule has 2 atom stereocenters. The Balaban J connectivity index is 2.01. The molecule has 112 valence electrons. The average molecular weight is 288 g/mol. The van der Waals surface area contributed by atoms with Crippen molar-refractivity contribution in [3.05, 3.63) is 0 Å². The highest BCUT2D eigenvalue weighted by Crippen LogP contribution is 2.25. The second-order valence-electron chi connectivity index (χ2n) is 6.06. The summed E-state index contributed by atoms with van der Waals surface area (Å²) in [5, 5.41) is 3.04. The fourth-order valence-corrected chi connectivity index (χ4v) is 4.67. The molecular formula is C14H28N2O2S. The third-order valence-corrected chi connectivity index (χ3v) is 6.72. The van der Waals surface area contributed by atoms with Gasteiger partial charge in [-0.3, -0.25) is 0 Å². The topological polar surface area (TPSA) is 49.4 Å². The third-order valence-electron chi connectivity index (χ3n) is 4.40. The highest BCUT2D eigenvalue weighted by atomic mass is 32.2. The fraction of sp³-hybridized carbons (Fsp3) is 1.00. The van der Waals surface area contributed by atoms with E-state index in [1.807, 2.05) is 6.92 Å². The minimum atomic E-state index is -3.14. The van der Waals surface area contributed by atoms with Crippen molar-refractivity contribution in [2.45, 2.75) is 76.1 Å². The highest BCUT2D eigenvalue weighted by molar-refractivity contribution is 7.89. The van der Waals surface area contributed by atoms with Crippen LogP contribution in [0.2, 0.25) is 0 Å². The summed E-state index contributed by atoms with van der Waals surface area (Å²) in [5.74, 6) is 0. The first-order valence-electron chi connectivity index (χ1n) is 7.79. The lowest BCUT2D eigenvalue weighted by Gasteiger charge is -2.31. The molecule has 1 aliphatic heterocycles. The summed E-state index contributed by atoms with van der Waals surface area (Å²) < 4.78 is 27.3. The lowest BCUT2D eigenvalue weighted by atomic mass is 10.1. The molecule has 5 heteroatoms. The molecule has 2 unspecified atom stereocenters. The summed E-state index contributed by atoms with van der Waals surface area (Å²) in [6.07, 6.45) is 7.71. The van der Waals surface area contributed by atoms with Crippen molar-refractivity contribution in [3.8, 4) is 0 Å². The molecule has 1 saturated carbocycles. The van der Waals surface area contributed by atoms with Gasteiger partial charge in [0.2, 0.25) is 10.0 Å². The van der Waals surface area contributed by atoms with Crippen LogP contribution in [0.4, 0.5) is 0 Å². The number of hydrogen-bond donors (Lipinski definition) is 1. The lowest BCUT2D eigenvalue weighted by Crippen LogP contribution is -2.46. The zero-order chi connectivity index (χ0) is 13.9. The van der Waals surface area contributed by atoms with E-state index in [1.54, 1.807) is 4.31 Å². The Morgan fingerprint density at radius 2 is 1.95 bits per heavy atom. The van der Waals surface area contributed by atoms with Gasteiger partial charge in [0.25, 0.3) is 0 Å². The van der Waals surface area contributed by atoms with Crippen LogP contribution in [0.5, 0.6) is 0 Å². The fourth-order valence-electron chi connectivity index (χ4n) is 2.85. The van der Waals surface area contributed by atoms with E-state index in [0.29, 0.717) is 19.1 Å². The molecule has 2 fully saturated rings. The van der Waals surface area contributed by atoms with Crippen molar-refractivity contribution in [1.29, 1.82) is 0 Å². The molecule has 0 amide bonds. The first-order valence-corrected chi connectivity index (χ1v) is 9.30. The molecule has 0 bridgehead atoms. The van der Waals surface area contributed by atoms with Crippen LogP contribution in [0.25, 0.3) is 0 Å². The Bertz CT molecular complexity index is 379. The molecule has 0 spiro atoms. The van der Waals surface area contributed by atoms with Gasteiger partial charge in [0, 0.05) is 25.2 Å². The Hall–Kier alpha value is -0.130. The molecule has 0 aromatic rings. The van der Waals surface area contributed by atoms with E-state index in [1.165, 1.54) is 19.3 Å². The smallest absolute Gasteiger partial charge is 0.218 e. The van der Waals surface area contributed by atoms with Gasteiger partial charge >= 0.3 is 0 Å². The number of hydrogen-bond acceptors (Lipinski definition) is 3. The van der Waals surface area contributed by atoms with Crippen LogP contribution in [0.15, 0.2) is 0 Å². The number of rotatable bonds is 6. The number of nitrogens with one attached hydrogen (secondary N) is 1. The Morgan fingerprint density at radius 3 is 2.58 bits per heavy atom. The van der Waals surface area contributed by atoms with E-state index < -0.39 is 10.0 Å². The number of sulfonamides is 1. The standard InChI is InChI=1S/C14H28N2O2S/c1-3-14-7-5-4-6-10-16(14)19(17,18)12(2)11-15-13-8-9-13/h12-15H,3-11H2,1-2H3. The van der Waals surface area contributed by atoms with Crippen molar-refractivity contribution in [2.75, 3.05) is 13.1 Å². The molecule has 0 radical (unpaired) electrons. The minimum absolute atomic E-state index is 0.218. The van der Waals surface area contributed by atoms with Gasteiger partial charge in [-0.1, -0.05) is 19.8 Å². The molecule has 1 heterocycles. The Morgan fingerprint density at radius 1 is 1.21 bits per heavy atom. The SMILES string of the molecule is CCC1CCCCCN1S(=O)(=O)C(C)CNC1CC1. The molecule has 19 heavy (non-hydrogen) atoms. The van der Waals surface area contributed by atoms with Gasteiger partial charge in [0.15, 0.2) is 0 Å². The monoisotopic (exact) mass is 288 g/mol. The molecule has 2 rings (SSSR count). The summed E-state index contributed by atoms with van der Waals surface area (Å²) in [6, 6.07) is 0.791. The molecular weight excluding hydrogens is 260 g/mol. The maximum absolute atomic E-state index is 12.7.